The van der Waals surface area contributed by atoms with Crippen LogP contribution < -0.4 is 10.6 Å². The van der Waals surface area contributed by atoms with E-state index in [9.17, 15) is 4.79 Å². The van der Waals surface area contributed by atoms with Gasteiger partial charge < -0.3 is 10.6 Å². The molecular weight excluding hydrogens is 260 g/mol. The zero-order valence-corrected chi connectivity index (χ0v) is 13.5. The molecule has 0 aromatic heterocycles. The van der Waals surface area contributed by atoms with Gasteiger partial charge in [-0.15, -0.1) is 0 Å². The molecule has 1 aliphatic carbocycles. The summed E-state index contributed by atoms with van der Waals surface area (Å²) in [4.78, 5) is 12.6. The van der Waals surface area contributed by atoms with Crippen molar-refractivity contribution >= 4 is 5.91 Å². The first-order chi connectivity index (χ1) is 10.2. The van der Waals surface area contributed by atoms with Crippen LogP contribution in [0.4, 0.5) is 0 Å². The van der Waals surface area contributed by atoms with Crippen LogP contribution in [0.1, 0.15) is 49.0 Å². The number of hydrogen-bond acceptors (Lipinski definition) is 2. The minimum absolute atomic E-state index is 0.0929. The number of likely N-dealkylation sites (N-methyl/N-ethyl adjacent to an activating group) is 1. The Morgan fingerprint density at radius 1 is 1.29 bits per heavy atom. The van der Waals surface area contributed by atoms with Gasteiger partial charge in [-0.2, -0.15) is 0 Å². The third-order valence-corrected chi connectivity index (χ3v) is 4.97. The Labute approximate surface area is 128 Å². The van der Waals surface area contributed by atoms with Crippen LogP contribution in [-0.4, -0.2) is 25.5 Å². The molecule has 1 saturated carbocycles. The van der Waals surface area contributed by atoms with Crippen molar-refractivity contribution in [1.82, 2.24) is 10.6 Å². The molecule has 1 aliphatic rings. The van der Waals surface area contributed by atoms with E-state index in [-0.39, 0.29) is 5.91 Å². The van der Waals surface area contributed by atoms with Crippen LogP contribution in [0.5, 0.6) is 0 Å². The number of rotatable bonds is 6. The Balaban J connectivity index is 2.04. The highest BCUT2D eigenvalue weighted by Crippen LogP contribution is 2.34. The smallest absolute Gasteiger partial charge is 0.251 e. The molecule has 0 aliphatic heterocycles. The van der Waals surface area contributed by atoms with Crippen molar-refractivity contribution in [2.24, 2.45) is 11.8 Å². The van der Waals surface area contributed by atoms with E-state index in [1.54, 1.807) is 0 Å². The summed E-state index contributed by atoms with van der Waals surface area (Å²) in [5.74, 6) is 1.44. The first-order valence-corrected chi connectivity index (χ1v) is 8.20. The molecule has 0 heterocycles. The highest BCUT2D eigenvalue weighted by Gasteiger charge is 2.32. The van der Waals surface area contributed by atoms with Crippen molar-refractivity contribution in [3.63, 3.8) is 0 Å². The average Bonchev–Trinajstić information content (AvgIpc) is 2.85. The fraction of sp³-hybridized carbons (Fsp3) is 0.611. The molecular formula is C18H28N2O. The largest absolute Gasteiger partial charge is 0.349 e. The van der Waals surface area contributed by atoms with Crippen LogP contribution >= 0.6 is 0 Å². The second-order valence-electron chi connectivity index (χ2n) is 6.20. The SMILES string of the molecule is CCC1CCC(NC(=O)c2ccccc2CCNC)C1C. The van der Waals surface area contributed by atoms with Crippen molar-refractivity contribution in [2.45, 2.75) is 45.6 Å². The van der Waals surface area contributed by atoms with Crippen LogP contribution in [0.25, 0.3) is 0 Å². The summed E-state index contributed by atoms with van der Waals surface area (Å²) in [6, 6.07) is 8.29. The fourth-order valence-corrected chi connectivity index (χ4v) is 3.49. The van der Waals surface area contributed by atoms with Gasteiger partial charge in [-0.1, -0.05) is 38.5 Å². The van der Waals surface area contributed by atoms with E-state index in [0.717, 1.165) is 36.4 Å². The number of amides is 1. The van der Waals surface area contributed by atoms with Gasteiger partial charge in [0.05, 0.1) is 0 Å². The van der Waals surface area contributed by atoms with E-state index in [4.69, 9.17) is 0 Å². The molecule has 116 valence electrons. The molecule has 3 unspecified atom stereocenters. The number of carbonyl (C=O) groups excluding carboxylic acids is 1. The number of nitrogens with one attached hydrogen (secondary N) is 2. The summed E-state index contributed by atoms with van der Waals surface area (Å²) in [5.41, 5.74) is 1.96. The maximum Gasteiger partial charge on any atom is 0.251 e. The molecule has 2 rings (SSSR count). The van der Waals surface area contributed by atoms with E-state index >= 15 is 0 Å². The van der Waals surface area contributed by atoms with E-state index in [2.05, 4.69) is 30.5 Å². The molecule has 2 N–H and O–H groups in total. The Morgan fingerprint density at radius 2 is 2.05 bits per heavy atom. The predicted octanol–water partition coefficient (Wildman–Crippen LogP) is 3.00. The summed E-state index contributed by atoms with van der Waals surface area (Å²) in [6.45, 7) is 5.42. The predicted molar refractivity (Wildman–Crippen MR) is 87.5 cm³/mol. The zero-order valence-electron chi connectivity index (χ0n) is 13.5. The Bertz CT molecular complexity index is 472. The lowest BCUT2D eigenvalue weighted by molar-refractivity contribution is 0.0925. The average molecular weight is 288 g/mol. The molecule has 3 heteroatoms. The molecule has 0 radical (unpaired) electrons. The Morgan fingerprint density at radius 3 is 2.71 bits per heavy atom. The van der Waals surface area contributed by atoms with Gasteiger partial charge in [0, 0.05) is 11.6 Å². The van der Waals surface area contributed by atoms with Gasteiger partial charge in [0.25, 0.3) is 5.91 Å². The molecule has 3 atom stereocenters. The fourth-order valence-electron chi connectivity index (χ4n) is 3.49. The summed E-state index contributed by atoms with van der Waals surface area (Å²) in [6.07, 6.45) is 4.46. The second-order valence-corrected chi connectivity index (χ2v) is 6.20. The van der Waals surface area contributed by atoms with E-state index in [1.807, 2.05) is 25.2 Å². The minimum Gasteiger partial charge on any atom is -0.349 e. The third kappa shape index (κ3) is 3.85. The monoisotopic (exact) mass is 288 g/mol. The van der Waals surface area contributed by atoms with Crippen molar-refractivity contribution in [3.05, 3.63) is 35.4 Å². The summed E-state index contributed by atoms with van der Waals surface area (Å²) in [7, 11) is 1.94. The maximum absolute atomic E-state index is 12.6. The van der Waals surface area contributed by atoms with Crippen LogP contribution in [-0.2, 0) is 6.42 Å². The van der Waals surface area contributed by atoms with Crippen LogP contribution in [0.2, 0.25) is 0 Å². The number of carbonyl (C=O) groups is 1. The molecule has 0 spiro atoms. The maximum atomic E-state index is 12.6. The molecule has 21 heavy (non-hydrogen) atoms. The van der Waals surface area contributed by atoms with Crippen LogP contribution in [0.15, 0.2) is 24.3 Å². The molecule has 1 aromatic carbocycles. The molecule has 0 saturated heterocycles. The summed E-state index contributed by atoms with van der Waals surface area (Å²) >= 11 is 0. The minimum atomic E-state index is 0.0929. The van der Waals surface area contributed by atoms with Gasteiger partial charge >= 0.3 is 0 Å². The standard InChI is InChI=1S/C18H28N2O/c1-4-14-9-10-17(13(14)2)20-18(21)16-8-6-5-7-15(16)11-12-19-3/h5-8,13-14,17,19H,4,9-12H2,1-3H3,(H,20,21). The first-order valence-electron chi connectivity index (χ1n) is 8.20. The topological polar surface area (TPSA) is 41.1 Å². The van der Waals surface area contributed by atoms with Gasteiger partial charge in [-0.05, 0) is 56.3 Å². The molecule has 3 nitrogen and oxygen atoms in total. The lowest BCUT2D eigenvalue weighted by Crippen LogP contribution is -2.38. The van der Waals surface area contributed by atoms with E-state index < -0.39 is 0 Å². The number of benzene rings is 1. The van der Waals surface area contributed by atoms with Gasteiger partial charge in [-0.25, -0.2) is 0 Å². The normalized spacial score (nSPS) is 25.0. The summed E-state index contributed by atoms with van der Waals surface area (Å²) in [5, 5.41) is 6.41. The lowest BCUT2D eigenvalue weighted by Gasteiger charge is -2.21. The Hall–Kier alpha value is -1.35. The van der Waals surface area contributed by atoms with Gasteiger partial charge in [-0.3, -0.25) is 4.79 Å². The Kier molecular flexibility index (Phi) is 5.80. The highest BCUT2D eigenvalue weighted by molar-refractivity contribution is 5.95. The molecule has 0 bridgehead atoms. The third-order valence-electron chi connectivity index (χ3n) is 4.97. The zero-order chi connectivity index (χ0) is 15.2. The number of hydrogen-bond donors (Lipinski definition) is 2. The first kappa shape index (κ1) is 16.0. The van der Waals surface area contributed by atoms with Gasteiger partial charge in [0.1, 0.15) is 0 Å². The van der Waals surface area contributed by atoms with Crippen molar-refractivity contribution < 1.29 is 4.79 Å². The molecule has 1 aromatic rings. The van der Waals surface area contributed by atoms with E-state index in [0.29, 0.717) is 12.0 Å². The van der Waals surface area contributed by atoms with Crippen molar-refractivity contribution in [3.8, 4) is 0 Å². The van der Waals surface area contributed by atoms with Crippen LogP contribution in [0.3, 0.4) is 0 Å². The van der Waals surface area contributed by atoms with Gasteiger partial charge in [0.15, 0.2) is 0 Å². The summed E-state index contributed by atoms with van der Waals surface area (Å²) < 4.78 is 0. The second kappa shape index (κ2) is 7.60. The van der Waals surface area contributed by atoms with Crippen LogP contribution in [0, 0.1) is 11.8 Å². The quantitative estimate of drug-likeness (QED) is 0.845. The van der Waals surface area contributed by atoms with Crippen molar-refractivity contribution in [1.29, 1.82) is 0 Å². The van der Waals surface area contributed by atoms with Gasteiger partial charge in [0.2, 0.25) is 0 Å². The van der Waals surface area contributed by atoms with E-state index in [1.165, 1.54) is 12.8 Å². The lowest BCUT2D eigenvalue weighted by atomic mass is 9.93. The highest BCUT2D eigenvalue weighted by atomic mass is 16.1. The molecule has 1 amide bonds. The van der Waals surface area contributed by atoms with Crippen molar-refractivity contribution in [2.75, 3.05) is 13.6 Å². The molecule has 1 fully saturated rings.